The standard InChI is InChI=1S/C24H37N7O4S/c1-15(2)14-35-21-7-8-31(28-21)20-6-5-19(23(32)29-36(33)34)22(27-20)30-13-16(11-24(30,3)4)9-18-10-17(25)12-26-18/h5-8,15-18,26H,9-14,25H2,1-4H3,(H,29,32)(H,33,34)/t16-,17+,18?/m0/s1. The van der Waals surface area contributed by atoms with Crippen LogP contribution in [0.3, 0.4) is 0 Å². The van der Waals surface area contributed by atoms with E-state index in [1.807, 2.05) is 0 Å². The Bertz CT molecular complexity index is 1110. The fourth-order valence-corrected chi connectivity index (χ4v) is 5.47. The maximum absolute atomic E-state index is 12.8. The predicted molar refractivity (Wildman–Crippen MR) is 138 cm³/mol. The van der Waals surface area contributed by atoms with E-state index in [0.29, 0.717) is 48.5 Å². The van der Waals surface area contributed by atoms with Gasteiger partial charge >= 0.3 is 0 Å². The Hall–Kier alpha value is -2.54. The molecule has 2 aliphatic rings. The van der Waals surface area contributed by atoms with Crippen molar-refractivity contribution < 1.29 is 18.3 Å². The van der Waals surface area contributed by atoms with Gasteiger partial charge in [0.15, 0.2) is 5.82 Å². The largest absolute Gasteiger partial charge is 0.476 e. The molecule has 0 saturated carbocycles. The molecule has 198 valence electrons. The zero-order valence-electron chi connectivity index (χ0n) is 21.3. The van der Waals surface area contributed by atoms with Crippen LogP contribution in [0.2, 0.25) is 0 Å². The summed E-state index contributed by atoms with van der Waals surface area (Å²) in [6, 6.07) is 5.64. The van der Waals surface area contributed by atoms with Crippen molar-refractivity contribution in [1.82, 2.24) is 24.8 Å². The molecule has 0 bridgehead atoms. The lowest BCUT2D eigenvalue weighted by atomic mass is 9.91. The average molecular weight is 520 g/mol. The van der Waals surface area contributed by atoms with Gasteiger partial charge in [0, 0.05) is 43.0 Å². The molecule has 0 spiro atoms. The first-order valence-electron chi connectivity index (χ1n) is 12.4. The number of nitrogens with zero attached hydrogens (tertiary/aromatic N) is 4. The summed E-state index contributed by atoms with van der Waals surface area (Å²) in [5, 5.41) is 7.98. The Balaban J connectivity index is 1.63. The van der Waals surface area contributed by atoms with Gasteiger partial charge in [0.05, 0.1) is 12.2 Å². The SMILES string of the molecule is CC(C)COc1ccn(-c2ccc(C(=O)NS(=O)O)c(N3C[C@@H](CC4C[C@@H](N)CN4)CC3(C)C)n2)n1. The summed E-state index contributed by atoms with van der Waals surface area (Å²) in [6.45, 7) is 10.5. The second kappa shape index (κ2) is 10.8. The zero-order chi connectivity index (χ0) is 26.0. The van der Waals surface area contributed by atoms with Crippen molar-refractivity contribution in [3.05, 3.63) is 30.0 Å². The molecule has 2 aliphatic heterocycles. The molecule has 5 N–H and O–H groups in total. The van der Waals surface area contributed by atoms with Gasteiger partial charge in [-0.05, 0) is 57.1 Å². The summed E-state index contributed by atoms with van der Waals surface area (Å²) < 4.78 is 30.0. The molecular formula is C24H37N7O4S. The van der Waals surface area contributed by atoms with Gasteiger partial charge in [-0.1, -0.05) is 13.8 Å². The third-order valence-corrected chi connectivity index (χ3v) is 7.10. The highest BCUT2D eigenvalue weighted by Gasteiger charge is 2.42. The minimum Gasteiger partial charge on any atom is -0.476 e. The number of aromatic nitrogens is 3. The van der Waals surface area contributed by atoms with Gasteiger partial charge in [0.2, 0.25) is 5.88 Å². The van der Waals surface area contributed by atoms with Crippen molar-refractivity contribution in [3.8, 4) is 11.7 Å². The maximum atomic E-state index is 12.8. The van der Waals surface area contributed by atoms with Crippen LogP contribution >= 0.6 is 0 Å². The van der Waals surface area contributed by atoms with Gasteiger partial charge in [0.25, 0.3) is 17.2 Å². The fourth-order valence-electron chi connectivity index (χ4n) is 5.20. The van der Waals surface area contributed by atoms with E-state index in [2.05, 4.69) is 47.7 Å². The molecule has 4 atom stereocenters. The van der Waals surface area contributed by atoms with Crippen molar-refractivity contribution in [2.75, 3.05) is 24.6 Å². The zero-order valence-corrected chi connectivity index (χ0v) is 22.1. The number of hydrogen-bond donors (Lipinski definition) is 4. The first-order valence-corrected chi connectivity index (χ1v) is 13.5. The molecular weight excluding hydrogens is 482 g/mol. The fraction of sp³-hybridized carbons (Fsp3) is 0.625. The van der Waals surface area contributed by atoms with Crippen LogP contribution < -0.4 is 25.4 Å². The van der Waals surface area contributed by atoms with Gasteiger partial charge < -0.3 is 20.7 Å². The van der Waals surface area contributed by atoms with Crippen LogP contribution in [0.4, 0.5) is 5.82 Å². The van der Waals surface area contributed by atoms with E-state index < -0.39 is 17.2 Å². The molecule has 4 heterocycles. The van der Waals surface area contributed by atoms with E-state index in [1.165, 1.54) is 0 Å². The summed E-state index contributed by atoms with van der Waals surface area (Å²) in [4.78, 5) is 19.8. The lowest BCUT2D eigenvalue weighted by molar-refractivity contribution is 0.0981. The number of ether oxygens (including phenoxy) is 1. The van der Waals surface area contributed by atoms with Gasteiger partial charge in [-0.3, -0.25) is 9.35 Å². The van der Waals surface area contributed by atoms with Gasteiger partial charge in [0.1, 0.15) is 5.82 Å². The first kappa shape index (κ1) is 26.5. The van der Waals surface area contributed by atoms with Crippen LogP contribution in [0, 0.1) is 11.8 Å². The number of carbonyl (C=O) groups excluding carboxylic acids is 1. The van der Waals surface area contributed by atoms with Crippen LogP contribution in [-0.2, 0) is 11.3 Å². The van der Waals surface area contributed by atoms with Crippen molar-refractivity contribution in [2.24, 2.45) is 17.6 Å². The van der Waals surface area contributed by atoms with E-state index in [9.17, 15) is 13.6 Å². The Morgan fingerprint density at radius 3 is 2.83 bits per heavy atom. The van der Waals surface area contributed by atoms with Crippen molar-refractivity contribution in [1.29, 1.82) is 0 Å². The Labute approximate surface area is 214 Å². The van der Waals surface area contributed by atoms with Crippen LogP contribution in [0.15, 0.2) is 24.4 Å². The molecule has 0 radical (unpaired) electrons. The van der Waals surface area contributed by atoms with Gasteiger partial charge in [-0.2, -0.15) is 0 Å². The summed E-state index contributed by atoms with van der Waals surface area (Å²) in [5.74, 6) is 1.57. The molecule has 4 rings (SSSR count). The molecule has 1 amide bonds. The van der Waals surface area contributed by atoms with Crippen LogP contribution in [0.1, 0.15) is 57.3 Å². The first-order chi connectivity index (χ1) is 17.0. The monoisotopic (exact) mass is 519 g/mol. The smallest absolute Gasteiger partial charge is 0.268 e. The van der Waals surface area contributed by atoms with E-state index in [-0.39, 0.29) is 17.1 Å². The number of hydrogen-bond acceptors (Lipinski definition) is 8. The van der Waals surface area contributed by atoms with Crippen molar-refractivity contribution >= 4 is 23.0 Å². The maximum Gasteiger partial charge on any atom is 0.268 e. The molecule has 2 fully saturated rings. The number of nitrogens with two attached hydrogens (primary N) is 1. The third kappa shape index (κ3) is 6.23. The molecule has 2 aromatic rings. The number of amides is 1. The lowest BCUT2D eigenvalue weighted by Crippen LogP contribution is -2.40. The summed E-state index contributed by atoms with van der Waals surface area (Å²) in [6.07, 6.45) is 4.64. The second-order valence-corrected chi connectivity index (χ2v) is 11.6. The third-order valence-electron chi connectivity index (χ3n) is 6.74. The number of rotatable bonds is 9. The van der Waals surface area contributed by atoms with E-state index in [4.69, 9.17) is 15.5 Å². The highest BCUT2D eigenvalue weighted by molar-refractivity contribution is 7.77. The summed E-state index contributed by atoms with van der Waals surface area (Å²) >= 11 is -2.48. The predicted octanol–water partition coefficient (Wildman–Crippen LogP) is 1.85. The molecule has 0 aliphatic carbocycles. The summed E-state index contributed by atoms with van der Waals surface area (Å²) in [7, 11) is 0. The van der Waals surface area contributed by atoms with E-state index >= 15 is 0 Å². The summed E-state index contributed by atoms with van der Waals surface area (Å²) in [5.41, 5.74) is 6.04. The number of anilines is 1. The molecule has 12 heteroatoms. The highest BCUT2D eigenvalue weighted by atomic mass is 32.2. The highest BCUT2D eigenvalue weighted by Crippen LogP contribution is 2.40. The second-order valence-electron chi connectivity index (χ2n) is 10.9. The molecule has 36 heavy (non-hydrogen) atoms. The lowest BCUT2D eigenvalue weighted by Gasteiger charge is -2.33. The number of nitrogens with one attached hydrogen (secondary N) is 2. The topological polar surface area (TPSA) is 148 Å². The molecule has 2 saturated heterocycles. The van der Waals surface area contributed by atoms with E-state index in [0.717, 1.165) is 25.8 Å². The molecule has 0 aromatic carbocycles. The van der Waals surface area contributed by atoms with Crippen molar-refractivity contribution in [3.63, 3.8) is 0 Å². The van der Waals surface area contributed by atoms with Gasteiger partial charge in [-0.15, -0.1) is 5.10 Å². The molecule has 2 unspecified atom stereocenters. The van der Waals surface area contributed by atoms with Crippen LogP contribution in [-0.4, -0.2) is 66.8 Å². The molecule has 11 nitrogen and oxygen atoms in total. The van der Waals surface area contributed by atoms with E-state index in [1.54, 1.807) is 29.1 Å². The molecule has 2 aromatic heterocycles. The normalized spacial score (nSPS) is 24.3. The minimum atomic E-state index is -2.48. The quantitative estimate of drug-likeness (QED) is 0.364. The Morgan fingerprint density at radius 2 is 2.17 bits per heavy atom. The number of pyridine rings is 1. The van der Waals surface area contributed by atoms with Crippen molar-refractivity contribution in [2.45, 2.75) is 64.6 Å². The van der Waals surface area contributed by atoms with Crippen LogP contribution in [0.5, 0.6) is 5.88 Å². The average Bonchev–Trinajstić information content (AvgIpc) is 3.50. The van der Waals surface area contributed by atoms with Gasteiger partial charge in [-0.25, -0.2) is 18.6 Å². The van der Waals surface area contributed by atoms with Crippen LogP contribution in [0.25, 0.3) is 5.82 Å². The number of carbonyl (C=O) groups is 1. The Kier molecular flexibility index (Phi) is 7.98. The minimum absolute atomic E-state index is 0.192. The Morgan fingerprint density at radius 1 is 1.39 bits per heavy atom.